The highest BCUT2D eigenvalue weighted by molar-refractivity contribution is 8.13. The van der Waals surface area contributed by atoms with E-state index in [0.717, 1.165) is 10.9 Å². The first kappa shape index (κ1) is 27.6. The molecule has 0 fully saturated rings. The van der Waals surface area contributed by atoms with Crippen LogP contribution < -0.4 is 5.73 Å². The van der Waals surface area contributed by atoms with Crippen LogP contribution in [-0.2, 0) is 14.5 Å². The Hall–Kier alpha value is -2.42. The minimum Gasteiger partial charge on any atom is -0.456 e. The topological polar surface area (TPSA) is 112 Å². The first-order valence-corrected chi connectivity index (χ1v) is 12.8. The molecule has 9 heteroatoms. The van der Waals surface area contributed by atoms with Crippen molar-refractivity contribution >= 4 is 41.7 Å². The quantitative estimate of drug-likeness (QED) is 0.325. The number of rotatable bonds is 2. The Morgan fingerprint density at radius 3 is 2.06 bits per heavy atom. The Kier molecular flexibility index (Phi) is 9.88. The largest absolute Gasteiger partial charge is 0.456 e. The molecule has 4 rings (SSSR count). The zero-order valence-corrected chi connectivity index (χ0v) is 21.4. The van der Waals surface area contributed by atoms with Gasteiger partial charge >= 0.3 is 0 Å². The lowest BCUT2D eigenvalue weighted by atomic mass is 9.97. The van der Waals surface area contributed by atoms with Gasteiger partial charge in [-0.3, -0.25) is 0 Å². The van der Waals surface area contributed by atoms with Gasteiger partial charge in [0.15, 0.2) is 0 Å². The molecular weight excluding hydrogens is 450 g/mol. The highest BCUT2D eigenvalue weighted by Gasteiger charge is 2.22. The van der Waals surface area contributed by atoms with E-state index < -0.39 is 9.05 Å². The lowest BCUT2D eigenvalue weighted by Crippen LogP contribution is -2.11. The van der Waals surface area contributed by atoms with Gasteiger partial charge in [-0.1, -0.05) is 59.7 Å². The van der Waals surface area contributed by atoms with E-state index in [1.54, 1.807) is 6.07 Å². The second-order valence-corrected chi connectivity index (χ2v) is 9.65. The van der Waals surface area contributed by atoms with Gasteiger partial charge in [0.1, 0.15) is 11.2 Å². The first-order valence-electron chi connectivity index (χ1n) is 10.5. The van der Waals surface area contributed by atoms with E-state index >= 15 is 0 Å². The van der Waals surface area contributed by atoms with E-state index in [1.165, 1.54) is 19.2 Å². The molecule has 0 amide bonds. The summed E-state index contributed by atoms with van der Waals surface area (Å²) in [7, 11) is 3.13. The number of halogens is 1. The van der Waals surface area contributed by atoms with Gasteiger partial charge in [0.25, 0.3) is 9.05 Å². The van der Waals surface area contributed by atoms with Gasteiger partial charge in [0, 0.05) is 32.4 Å². The molecule has 0 radical (unpaired) electrons. The second kappa shape index (κ2) is 11.4. The average molecular weight is 482 g/mol. The van der Waals surface area contributed by atoms with Crippen molar-refractivity contribution in [2.24, 2.45) is 5.73 Å². The summed E-state index contributed by atoms with van der Waals surface area (Å²) in [5.41, 5.74) is 6.19. The zero-order valence-electron chi connectivity index (χ0n) is 19.9. The maximum absolute atomic E-state index is 11.6. The number of nitrogens with two attached hydrogens (primary N) is 1. The molecule has 0 atom stereocenters. The Morgan fingerprint density at radius 2 is 1.53 bits per heavy atom. The molecule has 4 aromatic rings. The summed E-state index contributed by atoms with van der Waals surface area (Å²) in [4.78, 5) is 4.48. The molecule has 0 saturated heterocycles. The fourth-order valence-electron chi connectivity index (χ4n) is 2.69. The van der Waals surface area contributed by atoms with Crippen molar-refractivity contribution < 1.29 is 17.4 Å². The van der Waals surface area contributed by atoms with Crippen LogP contribution in [0.1, 0.15) is 54.4 Å². The van der Waals surface area contributed by atoms with Crippen LogP contribution in [0, 0.1) is 0 Å². The fourth-order valence-corrected chi connectivity index (χ4v) is 3.47. The molecule has 2 heterocycles. The normalized spacial score (nSPS) is 11.1. The van der Waals surface area contributed by atoms with Crippen molar-refractivity contribution in [3.05, 3.63) is 42.3 Å². The van der Waals surface area contributed by atoms with Crippen molar-refractivity contribution in [2.45, 2.75) is 58.8 Å². The zero-order chi connectivity index (χ0) is 24.7. The molecule has 0 saturated carbocycles. The highest BCUT2D eigenvalue weighted by atomic mass is 35.7. The SMILES string of the molecule is CC.CC.CC(C)(C)c1nc(-c2ccc3c(c2)oc2ccc(S(=O)(=O)Cl)cc23)no1.CN. The molecule has 0 aliphatic carbocycles. The summed E-state index contributed by atoms with van der Waals surface area (Å²) < 4.78 is 34.3. The van der Waals surface area contributed by atoms with Gasteiger partial charge in [0.2, 0.25) is 11.7 Å². The molecule has 2 aromatic heterocycles. The number of hydrogen-bond donors (Lipinski definition) is 1. The van der Waals surface area contributed by atoms with Crippen molar-refractivity contribution in [2.75, 3.05) is 7.05 Å². The van der Waals surface area contributed by atoms with Gasteiger partial charge in [-0.05, 0) is 37.4 Å². The third-order valence-corrected chi connectivity index (χ3v) is 5.40. The maximum Gasteiger partial charge on any atom is 0.261 e. The maximum atomic E-state index is 11.6. The van der Waals surface area contributed by atoms with Crippen LogP contribution in [0.5, 0.6) is 0 Å². The summed E-state index contributed by atoms with van der Waals surface area (Å²) >= 11 is 0. The van der Waals surface area contributed by atoms with E-state index in [0.29, 0.717) is 28.3 Å². The van der Waals surface area contributed by atoms with E-state index in [2.05, 4.69) is 15.9 Å². The molecule has 0 aliphatic rings. The van der Waals surface area contributed by atoms with Crippen LogP contribution in [0.15, 0.2) is 50.2 Å². The predicted octanol–water partition coefficient (Wildman–Crippen LogP) is 6.49. The smallest absolute Gasteiger partial charge is 0.261 e. The van der Waals surface area contributed by atoms with Crippen LogP contribution in [0.4, 0.5) is 0 Å². The highest BCUT2D eigenvalue weighted by Crippen LogP contribution is 2.34. The molecule has 0 bridgehead atoms. The van der Waals surface area contributed by atoms with Gasteiger partial charge in [-0.25, -0.2) is 8.42 Å². The molecule has 0 aliphatic heterocycles. The third kappa shape index (κ3) is 6.09. The lowest BCUT2D eigenvalue weighted by molar-refractivity contribution is 0.321. The van der Waals surface area contributed by atoms with Crippen LogP contribution in [0.25, 0.3) is 33.3 Å². The van der Waals surface area contributed by atoms with Crippen LogP contribution in [0.2, 0.25) is 0 Å². The number of aromatic nitrogens is 2. The van der Waals surface area contributed by atoms with Gasteiger partial charge < -0.3 is 14.7 Å². The summed E-state index contributed by atoms with van der Waals surface area (Å²) in [6, 6.07) is 10.0. The van der Waals surface area contributed by atoms with Crippen LogP contribution >= 0.6 is 10.7 Å². The van der Waals surface area contributed by atoms with Crippen molar-refractivity contribution in [1.82, 2.24) is 10.1 Å². The Labute approximate surface area is 194 Å². The van der Waals surface area contributed by atoms with E-state index in [9.17, 15) is 8.42 Å². The lowest BCUT2D eigenvalue weighted by Gasteiger charge is -2.10. The number of hydrogen-bond acceptors (Lipinski definition) is 7. The van der Waals surface area contributed by atoms with Gasteiger partial charge in [-0.15, -0.1) is 0 Å². The summed E-state index contributed by atoms with van der Waals surface area (Å²) in [6.45, 7) is 14.0. The minimum absolute atomic E-state index is 0.0337. The molecule has 0 unspecified atom stereocenters. The summed E-state index contributed by atoms with van der Waals surface area (Å²) in [6.07, 6.45) is 0. The second-order valence-electron chi connectivity index (χ2n) is 7.08. The number of nitrogens with zero attached hydrogens (tertiary/aromatic N) is 2. The van der Waals surface area contributed by atoms with E-state index in [-0.39, 0.29) is 10.3 Å². The Bertz CT molecular complexity index is 1260. The van der Waals surface area contributed by atoms with Crippen molar-refractivity contribution in [3.8, 4) is 11.4 Å². The van der Waals surface area contributed by atoms with Crippen molar-refractivity contribution in [3.63, 3.8) is 0 Å². The van der Waals surface area contributed by atoms with E-state index in [1.807, 2.05) is 66.7 Å². The van der Waals surface area contributed by atoms with Crippen LogP contribution in [-0.4, -0.2) is 25.6 Å². The molecule has 7 nitrogen and oxygen atoms in total. The monoisotopic (exact) mass is 481 g/mol. The minimum atomic E-state index is -3.81. The average Bonchev–Trinajstić information content (AvgIpc) is 3.41. The predicted molar refractivity (Wildman–Crippen MR) is 132 cm³/mol. The fraction of sp³-hybridized carbons (Fsp3) is 0.391. The number of benzene rings is 2. The van der Waals surface area contributed by atoms with Gasteiger partial charge in [0.05, 0.1) is 4.90 Å². The van der Waals surface area contributed by atoms with E-state index in [4.69, 9.17) is 19.6 Å². The van der Waals surface area contributed by atoms with Crippen LogP contribution in [0.3, 0.4) is 0 Å². The molecule has 2 aromatic carbocycles. The standard InChI is InChI=1S/C18H15ClN2O4S.2C2H6.CH5N/c1-18(2,3)17-20-16(21-25-17)10-4-6-12-13-9-11(26(19,22)23)5-7-14(13)24-15(12)8-10;3*1-2/h4-9H,1-3H3;2*1-2H3;2H2,1H3. The first-order chi connectivity index (χ1) is 15.1. The number of fused-ring (bicyclic) bond motifs is 3. The summed E-state index contributed by atoms with van der Waals surface area (Å²) in [5, 5.41) is 5.50. The molecule has 2 N–H and O–H groups in total. The summed E-state index contributed by atoms with van der Waals surface area (Å²) in [5.74, 6) is 1.02. The Balaban J connectivity index is 0.000000789. The molecule has 32 heavy (non-hydrogen) atoms. The molecular formula is C23H32ClN3O4S. The third-order valence-electron chi connectivity index (χ3n) is 4.05. The Morgan fingerprint density at radius 1 is 0.906 bits per heavy atom. The molecule has 0 spiro atoms. The number of furan rings is 1. The molecule has 176 valence electrons. The van der Waals surface area contributed by atoms with Gasteiger partial charge in [-0.2, -0.15) is 4.98 Å². The van der Waals surface area contributed by atoms with Crippen molar-refractivity contribution in [1.29, 1.82) is 0 Å².